The van der Waals surface area contributed by atoms with Crippen LogP contribution in [0.2, 0.25) is 0 Å². The molecular weight excluding hydrogens is 324 g/mol. The Labute approximate surface area is 143 Å². The highest BCUT2D eigenvalue weighted by molar-refractivity contribution is 7.21. The first-order valence-electron chi connectivity index (χ1n) is 8.06. The summed E-state index contributed by atoms with van der Waals surface area (Å²) in [6, 6.07) is 3.81. The van der Waals surface area contributed by atoms with Crippen LogP contribution in [-0.2, 0) is 17.6 Å². The minimum Gasteiger partial charge on any atom is -0.465 e. The van der Waals surface area contributed by atoms with Crippen molar-refractivity contribution in [2.24, 2.45) is 0 Å². The summed E-state index contributed by atoms with van der Waals surface area (Å²) in [5, 5.41) is 0.816. The lowest BCUT2D eigenvalue weighted by Crippen LogP contribution is -2.03. The van der Waals surface area contributed by atoms with Crippen molar-refractivity contribution >= 4 is 33.2 Å². The third kappa shape index (κ3) is 2.29. The lowest BCUT2D eigenvalue weighted by atomic mass is 9.96. The van der Waals surface area contributed by atoms with E-state index in [-0.39, 0.29) is 0 Å². The van der Waals surface area contributed by atoms with E-state index in [4.69, 9.17) is 19.9 Å². The summed E-state index contributed by atoms with van der Waals surface area (Å²) in [7, 11) is 1.36. The van der Waals surface area contributed by atoms with E-state index in [0.717, 1.165) is 52.9 Å². The number of anilines is 1. The number of esters is 1. The maximum atomic E-state index is 12.0. The third-order valence-electron chi connectivity index (χ3n) is 4.54. The number of nitrogen functional groups attached to an aromatic ring is 1. The second-order valence-corrected chi connectivity index (χ2v) is 6.97. The SMILES string of the molecule is COC(=O)c1sc2nc3c(c(-c4ccco4)c2c1N)CCCCC3. The van der Waals surface area contributed by atoms with Crippen LogP contribution < -0.4 is 5.73 Å². The Morgan fingerprint density at radius 2 is 2.17 bits per heavy atom. The van der Waals surface area contributed by atoms with Crippen molar-refractivity contribution in [1.82, 2.24) is 4.98 Å². The molecule has 3 aromatic rings. The molecule has 0 spiro atoms. The molecular formula is C18H18N2O3S. The number of carbonyl (C=O) groups is 1. The van der Waals surface area contributed by atoms with Crippen molar-refractivity contribution in [3.8, 4) is 11.3 Å². The molecule has 0 amide bonds. The summed E-state index contributed by atoms with van der Waals surface area (Å²) < 4.78 is 10.6. The summed E-state index contributed by atoms with van der Waals surface area (Å²) in [5.41, 5.74) is 10.1. The number of aryl methyl sites for hydroxylation is 1. The number of fused-ring (bicyclic) bond motifs is 2. The van der Waals surface area contributed by atoms with Gasteiger partial charge in [-0.1, -0.05) is 6.42 Å². The molecule has 0 aliphatic heterocycles. The molecule has 24 heavy (non-hydrogen) atoms. The largest absolute Gasteiger partial charge is 0.465 e. The summed E-state index contributed by atoms with van der Waals surface area (Å²) in [6.07, 6.45) is 7.02. The average Bonchev–Trinajstić information content (AvgIpc) is 3.15. The van der Waals surface area contributed by atoms with Gasteiger partial charge in [-0.3, -0.25) is 0 Å². The number of pyridine rings is 1. The van der Waals surface area contributed by atoms with Gasteiger partial charge in [0.05, 0.1) is 19.1 Å². The summed E-state index contributed by atoms with van der Waals surface area (Å²) in [5.74, 6) is 0.359. The minimum atomic E-state index is -0.420. The van der Waals surface area contributed by atoms with Gasteiger partial charge in [0.2, 0.25) is 0 Å². The first-order chi connectivity index (χ1) is 11.7. The second kappa shape index (κ2) is 5.94. The summed E-state index contributed by atoms with van der Waals surface area (Å²) in [4.78, 5) is 18.1. The van der Waals surface area contributed by atoms with Crippen LogP contribution in [0.15, 0.2) is 22.8 Å². The Kier molecular flexibility index (Phi) is 3.76. The predicted octanol–water partition coefficient (Wildman–Crippen LogP) is 4.19. The molecule has 6 heteroatoms. The smallest absolute Gasteiger partial charge is 0.350 e. The van der Waals surface area contributed by atoms with Gasteiger partial charge in [0.15, 0.2) is 0 Å². The number of hydrogen-bond acceptors (Lipinski definition) is 6. The number of nitrogens with zero attached hydrogens (tertiary/aromatic N) is 1. The maximum absolute atomic E-state index is 12.0. The molecule has 1 aliphatic carbocycles. The van der Waals surface area contributed by atoms with Gasteiger partial charge < -0.3 is 14.9 Å². The van der Waals surface area contributed by atoms with Crippen LogP contribution in [-0.4, -0.2) is 18.1 Å². The fourth-order valence-corrected chi connectivity index (χ4v) is 4.46. The zero-order valence-corrected chi connectivity index (χ0v) is 14.2. The second-order valence-electron chi connectivity index (χ2n) is 5.97. The highest BCUT2D eigenvalue weighted by Crippen LogP contribution is 2.43. The first-order valence-corrected chi connectivity index (χ1v) is 8.88. The molecule has 0 radical (unpaired) electrons. The van der Waals surface area contributed by atoms with Crippen molar-refractivity contribution in [2.45, 2.75) is 32.1 Å². The van der Waals surface area contributed by atoms with Crippen LogP contribution in [0.3, 0.4) is 0 Å². The molecule has 0 atom stereocenters. The molecule has 0 saturated heterocycles. The zero-order chi connectivity index (χ0) is 16.7. The molecule has 1 aliphatic rings. The molecule has 4 rings (SSSR count). The van der Waals surface area contributed by atoms with Gasteiger partial charge in [0.25, 0.3) is 0 Å². The highest BCUT2D eigenvalue weighted by Gasteiger charge is 2.26. The summed E-state index contributed by atoms with van der Waals surface area (Å²) in [6.45, 7) is 0. The normalized spacial score (nSPS) is 14.4. The molecule has 124 valence electrons. The molecule has 0 unspecified atom stereocenters. The van der Waals surface area contributed by atoms with Crippen LogP contribution in [0.5, 0.6) is 0 Å². The summed E-state index contributed by atoms with van der Waals surface area (Å²) >= 11 is 1.30. The molecule has 0 saturated carbocycles. The lowest BCUT2D eigenvalue weighted by Gasteiger charge is -2.12. The molecule has 3 aromatic heterocycles. The number of rotatable bonds is 2. The quantitative estimate of drug-likeness (QED) is 0.558. The number of nitrogens with two attached hydrogens (primary N) is 1. The average molecular weight is 342 g/mol. The number of aromatic nitrogens is 1. The number of hydrogen-bond donors (Lipinski definition) is 1. The van der Waals surface area contributed by atoms with Gasteiger partial charge in [0.1, 0.15) is 15.5 Å². The van der Waals surface area contributed by atoms with Gasteiger partial charge in [-0.2, -0.15) is 0 Å². The van der Waals surface area contributed by atoms with Crippen LogP contribution in [0.25, 0.3) is 21.5 Å². The molecule has 5 nitrogen and oxygen atoms in total. The number of methoxy groups -OCH3 is 1. The highest BCUT2D eigenvalue weighted by atomic mass is 32.1. The number of ether oxygens (including phenoxy) is 1. The number of carbonyl (C=O) groups excluding carboxylic acids is 1. The van der Waals surface area contributed by atoms with Crippen LogP contribution >= 0.6 is 11.3 Å². The Balaban J connectivity index is 2.08. The Morgan fingerprint density at radius 1 is 1.33 bits per heavy atom. The molecule has 0 bridgehead atoms. The third-order valence-corrected chi connectivity index (χ3v) is 5.62. The monoisotopic (exact) mass is 342 g/mol. The molecule has 0 fully saturated rings. The van der Waals surface area contributed by atoms with E-state index in [0.29, 0.717) is 10.6 Å². The zero-order valence-electron chi connectivity index (χ0n) is 13.4. The van der Waals surface area contributed by atoms with E-state index >= 15 is 0 Å². The van der Waals surface area contributed by atoms with E-state index < -0.39 is 5.97 Å². The van der Waals surface area contributed by atoms with Crippen molar-refractivity contribution in [3.05, 3.63) is 34.5 Å². The van der Waals surface area contributed by atoms with Crippen LogP contribution in [0.4, 0.5) is 5.69 Å². The minimum absolute atomic E-state index is 0.410. The molecule has 2 N–H and O–H groups in total. The van der Waals surface area contributed by atoms with Crippen molar-refractivity contribution in [2.75, 3.05) is 12.8 Å². The number of furan rings is 1. The van der Waals surface area contributed by atoms with Gasteiger partial charge in [0, 0.05) is 16.6 Å². The van der Waals surface area contributed by atoms with Crippen LogP contribution in [0, 0.1) is 0 Å². The van der Waals surface area contributed by atoms with Crippen LogP contribution in [0.1, 0.15) is 40.2 Å². The van der Waals surface area contributed by atoms with Crippen molar-refractivity contribution in [3.63, 3.8) is 0 Å². The molecule has 3 heterocycles. The Bertz CT molecular complexity index is 912. The predicted molar refractivity (Wildman–Crippen MR) is 94.3 cm³/mol. The maximum Gasteiger partial charge on any atom is 0.350 e. The standard InChI is InChI=1S/C18H18N2O3S/c1-22-18(21)16-15(19)14-13(12-8-5-9-23-12)10-6-3-2-4-7-11(10)20-17(14)24-16/h5,8-9H,2-4,6-7,19H2,1H3. The van der Waals surface area contributed by atoms with E-state index in [1.807, 2.05) is 12.1 Å². The first kappa shape index (κ1) is 15.2. The fourth-order valence-electron chi connectivity index (χ4n) is 3.42. The van der Waals surface area contributed by atoms with E-state index in [1.54, 1.807) is 6.26 Å². The van der Waals surface area contributed by atoms with E-state index in [9.17, 15) is 4.79 Å². The lowest BCUT2D eigenvalue weighted by molar-refractivity contribution is 0.0607. The topological polar surface area (TPSA) is 78.3 Å². The van der Waals surface area contributed by atoms with E-state index in [2.05, 4.69) is 0 Å². The number of thiophene rings is 1. The Hall–Kier alpha value is -2.34. The molecule has 0 aromatic carbocycles. The van der Waals surface area contributed by atoms with E-state index in [1.165, 1.54) is 30.4 Å². The van der Waals surface area contributed by atoms with Gasteiger partial charge in [-0.05, 0) is 43.4 Å². The van der Waals surface area contributed by atoms with Gasteiger partial charge in [-0.15, -0.1) is 11.3 Å². The fraction of sp³-hybridized carbons (Fsp3) is 0.333. The van der Waals surface area contributed by atoms with Gasteiger partial charge >= 0.3 is 5.97 Å². The Morgan fingerprint density at radius 3 is 2.92 bits per heavy atom. The van der Waals surface area contributed by atoms with Crippen molar-refractivity contribution in [1.29, 1.82) is 0 Å². The van der Waals surface area contributed by atoms with Crippen molar-refractivity contribution < 1.29 is 13.9 Å². The van der Waals surface area contributed by atoms with Gasteiger partial charge in [-0.25, -0.2) is 9.78 Å².